The predicted octanol–water partition coefficient (Wildman–Crippen LogP) is 5.76. The maximum absolute atomic E-state index is 6.10. The number of nitrogens with two attached hydrogens (primary N) is 1. The molecule has 0 atom stereocenters. The fourth-order valence-corrected chi connectivity index (χ4v) is 3.05. The number of fused-ring (bicyclic) bond motifs is 1. The van der Waals surface area contributed by atoms with E-state index in [1.807, 2.05) is 18.2 Å². The number of hydrogen-bond acceptors (Lipinski definition) is 1. The molecule has 0 aliphatic heterocycles. The van der Waals surface area contributed by atoms with Crippen LogP contribution in [0.4, 0.5) is 5.69 Å². The minimum Gasteiger partial charge on any atom is -0.398 e. The topological polar surface area (TPSA) is 26.0 Å². The van der Waals surface area contributed by atoms with E-state index < -0.39 is 0 Å². The van der Waals surface area contributed by atoms with Crippen molar-refractivity contribution in [1.82, 2.24) is 0 Å². The number of benzene rings is 4. The third kappa shape index (κ3) is 2.47. The quantitative estimate of drug-likeness (QED) is 0.468. The SMILES string of the molecule is Nc1ccc(-c2ccc(-c3ccccc3)cc2)c2ccccc12. The Kier molecular flexibility index (Phi) is 3.32. The second-order valence-electron chi connectivity index (χ2n) is 5.69. The van der Waals surface area contributed by atoms with Crippen molar-refractivity contribution < 1.29 is 0 Å². The molecule has 1 heteroatoms. The van der Waals surface area contributed by atoms with Gasteiger partial charge in [-0.2, -0.15) is 0 Å². The zero-order chi connectivity index (χ0) is 15.6. The second kappa shape index (κ2) is 5.62. The monoisotopic (exact) mass is 295 g/mol. The van der Waals surface area contributed by atoms with Gasteiger partial charge in [-0.3, -0.25) is 0 Å². The molecule has 110 valence electrons. The smallest absolute Gasteiger partial charge is 0.0394 e. The molecule has 0 aliphatic rings. The van der Waals surface area contributed by atoms with Crippen molar-refractivity contribution in [2.24, 2.45) is 0 Å². The highest BCUT2D eigenvalue weighted by molar-refractivity contribution is 6.02. The molecule has 1 nitrogen and oxygen atoms in total. The summed E-state index contributed by atoms with van der Waals surface area (Å²) in [4.78, 5) is 0. The fraction of sp³-hybridized carbons (Fsp3) is 0. The Bertz CT molecular complexity index is 954. The van der Waals surface area contributed by atoms with Gasteiger partial charge in [0.1, 0.15) is 0 Å². The minimum atomic E-state index is 0.824. The van der Waals surface area contributed by atoms with Crippen molar-refractivity contribution in [2.75, 3.05) is 5.73 Å². The largest absolute Gasteiger partial charge is 0.398 e. The first kappa shape index (κ1) is 13.6. The van der Waals surface area contributed by atoms with E-state index >= 15 is 0 Å². The summed E-state index contributed by atoms with van der Waals surface area (Å²) >= 11 is 0. The molecule has 0 spiro atoms. The van der Waals surface area contributed by atoms with Crippen molar-refractivity contribution >= 4 is 16.5 Å². The molecule has 0 fully saturated rings. The Morgan fingerprint density at radius 2 is 1.00 bits per heavy atom. The van der Waals surface area contributed by atoms with E-state index in [1.54, 1.807) is 0 Å². The molecule has 0 unspecified atom stereocenters. The molecule has 0 bridgehead atoms. The lowest BCUT2D eigenvalue weighted by atomic mass is 9.95. The van der Waals surface area contributed by atoms with Crippen LogP contribution in [-0.4, -0.2) is 0 Å². The Labute approximate surface area is 136 Å². The summed E-state index contributed by atoms with van der Waals surface area (Å²) in [5, 5.41) is 2.30. The van der Waals surface area contributed by atoms with Crippen LogP contribution < -0.4 is 5.73 Å². The van der Waals surface area contributed by atoms with Crippen molar-refractivity contribution in [3.63, 3.8) is 0 Å². The van der Waals surface area contributed by atoms with Crippen molar-refractivity contribution in [3.05, 3.63) is 91.0 Å². The molecule has 4 aromatic carbocycles. The summed E-state index contributed by atoms with van der Waals surface area (Å²) in [6.07, 6.45) is 0. The van der Waals surface area contributed by atoms with Gasteiger partial charge in [0.25, 0.3) is 0 Å². The molecule has 0 saturated heterocycles. The van der Waals surface area contributed by atoms with Gasteiger partial charge >= 0.3 is 0 Å². The van der Waals surface area contributed by atoms with Crippen LogP contribution in [0.25, 0.3) is 33.0 Å². The van der Waals surface area contributed by atoms with Gasteiger partial charge in [0.15, 0.2) is 0 Å². The molecular formula is C22H17N. The average Bonchev–Trinajstić information content (AvgIpc) is 2.63. The van der Waals surface area contributed by atoms with Crippen molar-refractivity contribution in [2.45, 2.75) is 0 Å². The number of anilines is 1. The van der Waals surface area contributed by atoms with Gasteiger partial charge in [0.2, 0.25) is 0 Å². The molecular weight excluding hydrogens is 278 g/mol. The molecule has 0 aliphatic carbocycles. The second-order valence-corrected chi connectivity index (χ2v) is 5.69. The van der Waals surface area contributed by atoms with Crippen LogP contribution in [0.3, 0.4) is 0 Å². The van der Waals surface area contributed by atoms with Crippen molar-refractivity contribution in [3.8, 4) is 22.3 Å². The number of hydrogen-bond donors (Lipinski definition) is 1. The van der Waals surface area contributed by atoms with E-state index in [4.69, 9.17) is 5.73 Å². The fourth-order valence-electron chi connectivity index (χ4n) is 3.05. The summed E-state index contributed by atoms with van der Waals surface area (Å²) in [6.45, 7) is 0. The van der Waals surface area contributed by atoms with Crippen LogP contribution in [0.5, 0.6) is 0 Å². The molecule has 23 heavy (non-hydrogen) atoms. The Hall–Kier alpha value is -3.06. The highest BCUT2D eigenvalue weighted by Gasteiger charge is 2.06. The van der Waals surface area contributed by atoms with Gasteiger partial charge in [0, 0.05) is 11.1 Å². The lowest BCUT2D eigenvalue weighted by molar-refractivity contribution is 1.60. The Balaban J connectivity index is 1.82. The molecule has 0 amide bonds. The zero-order valence-electron chi connectivity index (χ0n) is 12.7. The lowest BCUT2D eigenvalue weighted by Crippen LogP contribution is -1.89. The van der Waals surface area contributed by atoms with Gasteiger partial charge in [-0.1, -0.05) is 84.9 Å². The summed E-state index contributed by atoms with van der Waals surface area (Å²) in [5.41, 5.74) is 11.8. The lowest BCUT2D eigenvalue weighted by Gasteiger charge is -2.10. The molecule has 4 aromatic rings. The summed E-state index contributed by atoms with van der Waals surface area (Å²) < 4.78 is 0. The molecule has 0 saturated carbocycles. The maximum atomic E-state index is 6.10. The Morgan fingerprint density at radius 1 is 0.435 bits per heavy atom. The minimum absolute atomic E-state index is 0.824. The van der Waals surface area contributed by atoms with E-state index in [-0.39, 0.29) is 0 Å². The van der Waals surface area contributed by atoms with Crippen LogP contribution in [-0.2, 0) is 0 Å². The summed E-state index contributed by atoms with van der Waals surface area (Å²) in [6, 6.07) is 31.5. The highest BCUT2D eigenvalue weighted by Crippen LogP contribution is 2.33. The van der Waals surface area contributed by atoms with Gasteiger partial charge in [-0.25, -0.2) is 0 Å². The first-order valence-corrected chi connectivity index (χ1v) is 7.76. The summed E-state index contributed by atoms with van der Waals surface area (Å²) in [7, 11) is 0. The Morgan fingerprint density at radius 3 is 1.74 bits per heavy atom. The number of nitrogen functional groups attached to an aromatic ring is 1. The molecule has 0 radical (unpaired) electrons. The normalized spacial score (nSPS) is 10.8. The van der Waals surface area contributed by atoms with Crippen LogP contribution in [0.15, 0.2) is 91.0 Å². The average molecular weight is 295 g/mol. The van der Waals surface area contributed by atoms with Crippen LogP contribution in [0.1, 0.15) is 0 Å². The molecule has 4 rings (SSSR count). The first-order chi connectivity index (χ1) is 11.3. The first-order valence-electron chi connectivity index (χ1n) is 7.76. The third-order valence-electron chi connectivity index (χ3n) is 4.26. The van der Waals surface area contributed by atoms with E-state index in [0.29, 0.717) is 0 Å². The summed E-state index contributed by atoms with van der Waals surface area (Å²) in [5.74, 6) is 0. The molecule has 2 N–H and O–H groups in total. The van der Waals surface area contributed by atoms with E-state index in [2.05, 4.69) is 72.8 Å². The number of rotatable bonds is 2. The van der Waals surface area contributed by atoms with Crippen molar-refractivity contribution in [1.29, 1.82) is 0 Å². The van der Waals surface area contributed by atoms with E-state index in [1.165, 1.54) is 27.6 Å². The van der Waals surface area contributed by atoms with E-state index in [0.717, 1.165) is 11.1 Å². The molecule has 0 aromatic heterocycles. The van der Waals surface area contributed by atoms with Crippen LogP contribution >= 0.6 is 0 Å². The third-order valence-corrected chi connectivity index (χ3v) is 4.26. The van der Waals surface area contributed by atoms with E-state index in [9.17, 15) is 0 Å². The zero-order valence-corrected chi connectivity index (χ0v) is 12.7. The maximum Gasteiger partial charge on any atom is 0.0394 e. The van der Waals surface area contributed by atoms with Crippen LogP contribution in [0, 0.1) is 0 Å². The standard InChI is InChI=1S/C22H17N/c23-22-15-14-19(20-8-4-5-9-21(20)22)18-12-10-17(11-13-18)16-6-2-1-3-7-16/h1-15H,23H2. The van der Waals surface area contributed by atoms with Crippen LogP contribution in [0.2, 0.25) is 0 Å². The van der Waals surface area contributed by atoms with Gasteiger partial charge in [-0.05, 0) is 33.7 Å². The van der Waals surface area contributed by atoms with Gasteiger partial charge < -0.3 is 5.73 Å². The molecule has 0 heterocycles. The highest BCUT2D eigenvalue weighted by atomic mass is 14.5. The van der Waals surface area contributed by atoms with Gasteiger partial charge in [-0.15, -0.1) is 0 Å². The predicted molar refractivity (Wildman–Crippen MR) is 99.2 cm³/mol. The van der Waals surface area contributed by atoms with Gasteiger partial charge in [0.05, 0.1) is 0 Å².